The molecule has 0 bridgehead atoms. The summed E-state index contributed by atoms with van der Waals surface area (Å²) in [6.07, 6.45) is 0. The summed E-state index contributed by atoms with van der Waals surface area (Å²) in [5, 5.41) is 6.20. The fourth-order valence-corrected chi connectivity index (χ4v) is 3.10. The predicted octanol–water partition coefficient (Wildman–Crippen LogP) is 0.734. The summed E-state index contributed by atoms with van der Waals surface area (Å²) in [6, 6.07) is 8.90. The number of rotatable bonds is 4. The summed E-state index contributed by atoms with van der Waals surface area (Å²) in [4.78, 5) is 16.1. The van der Waals surface area contributed by atoms with Crippen LogP contribution in [-0.2, 0) is 11.3 Å². The summed E-state index contributed by atoms with van der Waals surface area (Å²) in [5.74, 6) is -0.0237. The van der Waals surface area contributed by atoms with Gasteiger partial charge in [0.05, 0.1) is 0 Å². The minimum atomic E-state index is -0.0237. The van der Waals surface area contributed by atoms with E-state index in [0.717, 1.165) is 31.4 Å². The molecule has 2 aliphatic heterocycles. The molecule has 1 amide bonds. The van der Waals surface area contributed by atoms with Gasteiger partial charge in [-0.3, -0.25) is 14.6 Å². The topological polar surface area (TPSA) is 47.6 Å². The fraction of sp³-hybridized carbons (Fsp3) is 0.562. The second-order valence-corrected chi connectivity index (χ2v) is 6.01. The molecule has 0 aliphatic carbocycles. The van der Waals surface area contributed by atoms with E-state index in [4.69, 9.17) is 0 Å². The Morgan fingerprint density at radius 2 is 1.90 bits per heavy atom. The Hall–Kier alpha value is -1.43. The fourth-order valence-electron chi connectivity index (χ4n) is 3.10. The zero-order valence-electron chi connectivity index (χ0n) is 12.6. The van der Waals surface area contributed by atoms with Crippen LogP contribution in [0.2, 0.25) is 0 Å². The quantitative estimate of drug-likeness (QED) is 0.858. The van der Waals surface area contributed by atoms with Crippen LogP contribution in [0.1, 0.15) is 12.5 Å². The number of piperazine rings is 1. The molecule has 5 heteroatoms. The number of benzene rings is 1. The Morgan fingerprint density at radius 1 is 1.24 bits per heavy atom. The second-order valence-electron chi connectivity index (χ2n) is 6.01. The van der Waals surface area contributed by atoms with Gasteiger partial charge in [-0.1, -0.05) is 12.1 Å². The van der Waals surface area contributed by atoms with Crippen LogP contribution in [0.3, 0.4) is 0 Å². The van der Waals surface area contributed by atoms with Gasteiger partial charge in [0.25, 0.3) is 0 Å². The van der Waals surface area contributed by atoms with Gasteiger partial charge >= 0.3 is 0 Å². The Bertz CT molecular complexity index is 476. The van der Waals surface area contributed by atoms with Crippen LogP contribution in [0.4, 0.5) is 5.69 Å². The van der Waals surface area contributed by atoms with Gasteiger partial charge in [-0.2, -0.15) is 0 Å². The summed E-state index contributed by atoms with van der Waals surface area (Å²) >= 11 is 0. The molecule has 1 aromatic carbocycles. The maximum absolute atomic E-state index is 11.0. The van der Waals surface area contributed by atoms with E-state index in [9.17, 15) is 4.79 Å². The molecule has 0 unspecified atom stereocenters. The molecule has 2 heterocycles. The van der Waals surface area contributed by atoms with Gasteiger partial charge in [-0.15, -0.1) is 0 Å². The first-order chi connectivity index (χ1) is 10.2. The number of carbonyl (C=O) groups excluding carboxylic acids is 1. The van der Waals surface area contributed by atoms with Gasteiger partial charge in [0, 0.05) is 64.5 Å². The molecule has 2 aliphatic rings. The smallest absolute Gasteiger partial charge is 0.221 e. The van der Waals surface area contributed by atoms with Crippen LogP contribution < -0.4 is 10.6 Å². The monoisotopic (exact) mass is 288 g/mol. The van der Waals surface area contributed by atoms with Crippen LogP contribution >= 0.6 is 0 Å². The lowest BCUT2D eigenvalue weighted by Crippen LogP contribution is -2.62. The van der Waals surface area contributed by atoms with Gasteiger partial charge < -0.3 is 10.6 Å². The lowest BCUT2D eigenvalue weighted by Gasteiger charge is -2.46. The van der Waals surface area contributed by atoms with E-state index in [0.29, 0.717) is 0 Å². The molecular formula is C16H24N4O. The van der Waals surface area contributed by atoms with Gasteiger partial charge in [-0.25, -0.2) is 0 Å². The minimum Gasteiger partial charge on any atom is -0.326 e. The zero-order chi connectivity index (χ0) is 14.7. The number of carbonyl (C=O) groups is 1. The largest absolute Gasteiger partial charge is 0.326 e. The first kappa shape index (κ1) is 14.5. The number of hydrogen-bond acceptors (Lipinski definition) is 4. The van der Waals surface area contributed by atoms with Crippen molar-refractivity contribution in [1.29, 1.82) is 0 Å². The lowest BCUT2D eigenvalue weighted by molar-refractivity contribution is -0.114. The SMILES string of the molecule is CC(=O)Nc1ccc(CN2CC(N3CCNCC3)C2)cc1. The Balaban J connectivity index is 1.44. The zero-order valence-corrected chi connectivity index (χ0v) is 12.6. The lowest BCUT2D eigenvalue weighted by atomic mass is 10.0. The number of nitrogens with zero attached hydrogens (tertiary/aromatic N) is 2. The summed E-state index contributed by atoms with van der Waals surface area (Å²) < 4.78 is 0. The molecule has 0 aromatic heterocycles. The third-order valence-electron chi connectivity index (χ3n) is 4.29. The molecule has 2 fully saturated rings. The molecule has 2 N–H and O–H groups in total. The van der Waals surface area contributed by atoms with Gasteiger partial charge in [-0.05, 0) is 17.7 Å². The number of likely N-dealkylation sites (tertiary alicyclic amines) is 1. The molecule has 0 radical (unpaired) electrons. The molecule has 0 spiro atoms. The maximum Gasteiger partial charge on any atom is 0.221 e. The third kappa shape index (κ3) is 3.81. The molecule has 3 rings (SSSR count). The van der Waals surface area contributed by atoms with E-state index in [-0.39, 0.29) is 5.91 Å². The number of hydrogen-bond donors (Lipinski definition) is 2. The molecule has 21 heavy (non-hydrogen) atoms. The third-order valence-corrected chi connectivity index (χ3v) is 4.29. The summed E-state index contributed by atoms with van der Waals surface area (Å²) in [6.45, 7) is 9.50. The van der Waals surface area contributed by atoms with Crippen molar-refractivity contribution in [3.8, 4) is 0 Å². The Labute approximate surface area is 126 Å². The standard InChI is InChI=1S/C16H24N4O/c1-13(21)18-15-4-2-14(3-5-15)10-19-11-16(12-19)20-8-6-17-7-9-20/h2-5,16-17H,6-12H2,1H3,(H,18,21). The van der Waals surface area contributed by atoms with E-state index in [1.165, 1.54) is 38.7 Å². The summed E-state index contributed by atoms with van der Waals surface area (Å²) in [7, 11) is 0. The van der Waals surface area contributed by atoms with Crippen molar-refractivity contribution in [1.82, 2.24) is 15.1 Å². The summed E-state index contributed by atoms with van der Waals surface area (Å²) in [5.41, 5.74) is 2.18. The van der Waals surface area contributed by atoms with Crippen LogP contribution in [0.5, 0.6) is 0 Å². The number of anilines is 1. The number of amides is 1. The Morgan fingerprint density at radius 3 is 2.52 bits per heavy atom. The van der Waals surface area contributed by atoms with Crippen LogP contribution in [0.25, 0.3) is 0 Å². The first-order valence-corrected chi connectivity index (χ1v) is 7.74. The van der Waals surface area contributed by atoms with Crippen LogP contribution in [-0.4, -0.2) is 61.0 Å². The maximum atomic E-state index is 11.0. The highest BCUT2D eigenvalue weighted by Gasteiger charge is 2.31. The Kier molecular flexibility index (Phi) is 4.53. The van der Waals surface area contributed by atoms with Crippen molar-refractivity contribution in [2.24, 2.45) is 0 Å². The van der Waals surface area contributed by atoms with Crippen molar-refractivity contribution in [3.63, 3.8) is 0 Å². The molecule has 0 saturated carbocycles. The highest BCUT2D eigenvalue weighted by molar-refractivity contribution is 5.88. The first-order valence-electron chi connectivity index (χ1n) is 7.74. The predicted molar refractivity (Wildman–Crippen MR) is 84.3 cm³/mol. The average molecular weight is 288 g/mol. The number of nitrogens with one attached hydrogen (secondary N) is 2. The molecule has 1 aromatic rings. The van der Waals surface area contributed by atoms with E-state index in [1.807, 2.05) is 12.1 Å². The van der Waals surface area contributed by atoms with Gasteiger partial charge in [0.2, 0.25) is 5.91 Å². The molecular weight excluding hydrogens is 264 g/mol. The molecule has 5 nitrogen and oxygen atoms in total. The van der Waals surface area contributed by atoms with E-state index in [2.05, 4.69) is 32.6 Å². The van der Waals surface area contributed by atoms with Gasteiger partial charge in [0.1, 0.15) is 0 Å². The molecule has 0 atom stereocenters. The van der Waals surface area contributed by atoms with Gasteiger partial charge in [0.15, 0.2) is 0 Å². The van der Waals surface area contributed by atoms with E-state index < -0.39 is 0 Å². The highest BCUT2D eigenvalue weighted by atomic mass is 16.1. The van der Waals surface area contributed by atoms with Crippen molar-refractivity contribution in [2.75, 3.05) is 44.6 Å². The highest BCUT2D eigenvalue weighted by Crippen LogP contribution is 2.19. The minimum absolute atomic E-state index is 0.0237. The van der Waals surface area contributed by atoms with Crippen molar-refractivity contribution in [3.05, 3.63) is 29.8 Å². The normalized spacial score (nSPS) is 21.0. The van der Waals surface area contributed by atoms with Crippen molar-refractivity contribution >= 4 is 11.6 Å². The van der Waals surface area contributed by atoms with Crippen LogP contribution in [0.15, 0.2) is 24.3 Å². The molecule has 114 valence electrons. The van der Waals surface area contributed by atoms with Crippen LogP contribution in [0, 0.1) is 0 Å². The van der Waals surface area contributed by atoms with E-state index >= 15 is 0 Å². The van der Waals surface area contributed by atoms with Crippen molar-refractivity contribution in [2.45, 2.75) is 19.5 Å². The van der Waals surface area contributed by atoms with E-state index in [1.54, 1.807) is 0 Å². The average Bonchev–Trinajstić information content (AvgIpc) is 2.44. The molecule has 2 saturated heterocycles. The second kappa shape index (κ2) is 6.56. The van der Waals surface area contributed by atoms with Crippen molar-refractivity contribution < 1.29 is 4.79 Å².